The molecule has 1 aliphatic rings. The minimum atomic E-state index is -0.468. The smallest absolute Gasteiger partial charge is 0.269 e. The zero-order chi connectivity index (χ0) is 14.0. The molecule has 2 amide bonds. The molecule has 0 bridgehead atoms. The Morgan fingerprint density at radius 1 is 1.21 bits per heavy atom. The second-order valence-electron chi connectivity index (χ2n) is 4.30. The minimum absolute atomic E-state index is 0.0228. The molecule has 6 heteroatoms. The van der Waals surface area contributed by atoms with Crippen LogP contribution in [0, 0.1) is 10.1 Å². The number of benzene rings is 1. The zero-order valence-corrected chi connectivity index (χ0v) is 10.3. The summed E-state index contributed by atoms with van der Waals surface area (Å²) in [5.74, 6) is -0.573. The molecule has 0 aromatic heterocycles. The molecule has 1 aromatic carbocycles. The molecule has 0 aliphatic carbocycles. The zero-order valence-electron chi connectivity index (χ0n) is 10.3. The summed E-state index contributed by atoms with van der Waals surface area (Å²) in [4.78, 5) is 34.3. The van der Waals surface area contributed by atoms with Crippen molar-refractivity contribution in [3.63, 3.8) is 0 Å². The summed E-state index contributed by atoms with van der Waals surface area (Å²) >= 11 is 0. The van der Waals surface area contributed by atoms with Crippen LogP contribution in [0.1, 0.15) is 12.5 Å². The number of hydrogen-bond donors (Lipinski definition) is 0. The molecule has 1 aliphatic heterocycles. The Morgan fingerprint density at radius 3 is 2.32 bits per heavy atom. The van der Waals surface area contributed by atoms with Crippen molar-refractivity contribution in [3.8, 4) is 0 Å². The lowest BCUT2D eigenvalue weighted by molar-refractivity contribution is -0.384. The number of nitro groups is 1. The third-order valence-corrected chi connectivity index (χ3v) is 2.96. The van der Waals surface area contributed by atoms with Crippen LogP contribution in [-0.4, -0.2) is 28.2 Å². The van der Waals surface area contributed by atoms with Gasteiger partial charge in [0.2, 0.25) is 0 Å². The van der Waals surface area contributed by atoms with E-state index in [1.165, 1.54) is 23.1 Å². The minimum Gasteiger partial charge on any atom is -0.275 e. The normalized spacial score (nSPS) is 14.8. The molecular weight excluding hydrogens is 248 g/mol. The number of carbonyl (C=O) groups is 2. The molecule has 98 valence electrons. The van der Waals surface area contributed by atoms with E-state index in [1.807, 2.05) is 0 Å². The fourth-order valence-corrected chi connectivity index (χ4v) is 1.87. The number of carbonyl (C=O) groups excluding carboxylic acids is 2. The van der Waals surface area contributed by atoms with Crippen LogP contribution in [-0.2, 0) is 16.0 Å². The predicted molar refractivity (Wildman–Crippen MR) is 67.3 cm³/mol. The maximum Gasteiger partial charge on any atom is 0.269 e. The fraction of sp³-hybridized carbons (Fsp3) is 0.231. The quantitative estimate of drug-likeness (QED) is 0.466. The Balaban J connectivity index is 1.98. The van der Waals surface area contributed by atoms with Crippen LogP contribution in [0.4, 0.5) is 5.69 Å². The summed E-state index contributed by atoms with van der Waals surface area (Å²) in [6, 6.07) is 6.08. The van der Waals surface area contributed by atoms with Crippen LogP contribution in [0.15, 0.2) is 35.9 Å². The van der Waals surface area contributed by atoms with Crippen LogP contribution < -0.4 is 0 Å². The molecule has 6 nitrogen and oxygen atoms in total. The average molecular weight is 260 g/mol. The predicted octanol–water partition coefficient (Wildman–Crippen LogP) is 1.45. The summed E-state index contributed by atoms with van der Waals surface area (Å²) in [5.41, 5.74) is 1.30. The van der Waals surface area contributed by atoms with Crippen molar-refractivity contribution >= 4 is 17.5 Å². The van der Waals surface area contributed by atoms with Gasteiger partial charge in [-0.3, -0.25) is 24.6 Å². The van der Waals surface area contributed by atoms with Crippen LogP contribution in [0.25, 0.3) is 0 Å². The number of amides is 2. The number of non-ortho nitro benzene ring substituents is 1. The summed E-state index contributed by atoms with van der Waals surface area (Å²) in [6.07, 6.45) is 1.80. The molecule has 0 saturated carbocycles. The van der Waals surface area contributed by atoms with Gasteiger partial charge < -0.3 is 0 Å². The Bertz CT molecular complexity index is 575. The van der Waals surface area contributed by atoms with Crippen molar-refractivity contribution in [1.82, 2.24) is 4.90 Å². The second-order valence-corrected chi connectivity index (χ2v) is 4.30. The summed E-state index contributed by atoms with van der Waals surface area (Å²) < 4.78 is 0. The molecule has 0 atom stereocenters. The van der Waals surface area contributed by atoms with Crippen molar-refractivity contribution < 1.29 is 14.5 Å². The highest BCUT2D eigenvalue weighted by Gasteiger charge is 2.27. The third kappa shape index (κ3) is 2.67. The van der Waals surface area contributed by atoms with E-state index in [-0.39, 0.29) is 24.0 Å². The van der Waals surface area contributed by atoms with Gasteiger partial charge in [-0.25, -0.2) is 0 Å². The summed E-state index contributed by atoms with van der Waals surface area (Å²) in [7, 11) is 0. The van der Waals surface area contributed by atoms with Gasteiger partial charge in [-0.05, 0) is 18.9 Å². The molecule has 2 rings (SSSR count). The van der Waals surface area contributed by atoms with E-state index in [4.69, 9.17) is 0 Å². The van der Waals surface area contributed by atoms with E-state index < -0.39 is 4.92 Å². The van der Waals surface area contributed by atoms with Crippen molar-refractivity contribution in [2.45, 2.75) is 13.3 Å². The lowest BCUT2D eigenvalue weighted by atomic mass is 10.1. The fourth-order valence-electron chi connectivity index (χ4n) is 1.87. The van der Waals surface area contributed by atoms with E-state index >= 15 is 0 Å². The van der Waals surface area contributed by atoms with Gasteiger partial charge in [0.15, 0.2) is 0 Å². The van der Waals surface area contributed by atoms with Gasteiger partial charge in [-0.2, -0.15) is 0 Å². The number of nitro benzene ring substituents is 1. The molecule has 0 fully saturated rings. The molecule has 1 heterocycles. The topological polar surface area (TPSA) is 80.5 Å². The lowest BCUT2D eigenvalue weighted by Gasteiger charge is -2.13. The van der Waals surface area contributed by atoms with Crippen molar-refractivity contribution in [1.29, 1.82) is 0 Å². The first-order valence-electron chi connectivity index (χ1n) is 5.76. The maximum absolute atomic E-state index is 11.6. The first-order chi connectivity index (χ1) is 8.99. The molecule has 0 radical (unpaired) electrons. The highest BCUT2D eigenvalue weighted by Crippen LogP contribution is 2.15. The first-order valence-corrected chi connectivity index (χ1v) is 5.76. The lowest BCUT2D eigenvalue weighted by Crippen LogP contribution is -2.32. The summed E-state index contributed by atoms with van der Waals surface area (Å²) in [5, 5.41) is 10.5. The number of nitrogens with zero attached hydrogens (tertiary/aromatic N) is 2. The van der Waals surface area contributed by atoms with Gasteiger partial charge in [-0.1, -0.05) is 12.1 Å². The first kappa shape index (κ1) is 12.9. The number of imide groups is 1. The Morgan fingerprint density at radius 2 is 1.84 bits per heavy atom. The largest absolute Gasteiger partial charge is 0.275 e. The Labute approximate surface area is 109 Å². The van der Waals surface area contributed by atoms with Crippen molar-refractivity contribution in [2.75, 3.05) is 6.54 Å². The number of hydrogen-bond acceptors (Lipinski definition) is 4. The van der Waals surface area contributed by atoms with Gasteiger partial charge in [0.1, 0.15) is 0 Å². The Kier molecular flexibility index (Phi) is 3.41. The van der Waals surface area contributed by atoms with E-state index in [2.05, 4.69) is 0 Å². The van der Waals surface area contributed by atoms with Gasteiger partial charge >= 0.3 is 0 Å². The standard InChI is InChI=1S/C13H12N2O4/c1-9-8-12(16)14(13(9)17)7-6-10-2-4-11(5-3-10)15(18)19/h2-5,8H,6-7H2,1H3. The summed E-state index contributed by atoms with van der Waals surface area (Å²) in [6.45, 7) is 1.88. The highest BCUT2D eigenvalue weighted by atomic mass is 16.6. The average Bonchev–Trinajstić information content (AvgIpc) is 2.62. The van der Waals surface area contributed by atoms with E-state index in [9.17, 15) is 19.7 Å². The monoisotopic (exact) mass is 260 g/mol. The van der Waals surface area contributed by atoms with Gasteiger partial charge in [0, 0.05) is 30.3 Å². The molecule has 0 saturated heterocycles. The Hall–Kier alpha value is -2.50. The molecule has 1 aromatic rings. The molecule has 0 spiro atoms. The molecule has 19 heavy (non-hydrogen) atoms. The molecule has 0 unspecified atom stereocenters. The highest BCUT2D eigenvalue weighted by molar-refractivity contribution is 6.15. The number of rotatable bonds is 4. The SMILES string of the molecule is CC1=CC(=O)N(CCc2ccc([N+](=O)[O-])cc2)C1=O. The van der Waals surface area contributed by atoms with Gasteiger partial charge in [0.25, 0.3) is 17.5 Å². The van der Waals surface area contributed by atoms with Crippen LogP contribution in [0.5, 0.6) is 0 Å². The van der Waals surface area contributed by atoms with Crippen molar-refractivity contribution in [3.05, 3.63) is 51.6 Å². The van der Waals surface area contributed by atoms with Crippen LogP contribution in [0.3, 0.4) is 0 Å². The molecular formula is C13H12N2O4. The maximum atomic E-state index is 11.6. The second kappa shape index (κ2) is 5.01. The van der Waals surface area contributed by atoms with E-state index in [1.54, 1.807) is 19.1 Å². The van der Waals surface area contributed by atoms with Crippen LogP contribution >= 0.6 is 0 Å². The third-order valence-electron chi connectivity index (χ3n) is 2.96. The van der Waals surface area contributed by atoms with E-state index in [0.717, 1.165) is 5.56 Å². The van der Waals surface area contributed by atoms with Gasteiger partial charge in [-0.15, -0.1) is 0 Å². The van der Waals surface area contributed by atoms with Gasteiger partial charge in [0.05, 0.1) is 4.92 Å². The van der Waals surface area contributed by atoms with Crippen LogP contribution in [0.2, 0.25) is 0 Å². The molecule has 0 N–H and O–H groups in total. The van der Waals surface area contributed by atoms with Crippen molar-refractivity contribution in [2.24, 2.45) is 0 Å². The van der Waals surface area contributed by atoms with E-state index in [0.29, 0.717) is 12.0 Å².